The molecule has 1 aliphatic carbocycles. The van der Waals surface area contributed by atoms with Crippen molar-refractivity contribution < 1.29 is 9.59 Å². The zero-order chi connectivity index (χ0) is 8.27. The number of carbonyl (C=O) groups excluding carboxylic acids is 2. The van der Waals surface area contributed by atoms with Gasteiger partial charge in [-0.25, -0.2) is 0 Å². The van der Waals surface area contributed by atoms with Crippen LogP contribution in [0.3, 0.4) is 0 Å². The highest BCUT2D eigenvalue weighted by atomic mass is 16.1. The fourth-order valence-corrected chi connectivity index (χ4v) is 1.30. The van der Waals surface area contributed by atoms with Crippen LogP contribution in [0.15, 0.2) is 12.2 Å². The second-order valence-electron chi connectivity index (χ2n) is 2.93. The van der Waals surface area contributed by atoms with Gasteiger partial charge in [-0.05, 0) is 25.8 Å². The molecular formula is C9H12O2. The summed E-state index contributed by atoms with van der Waals surface area (Å²) in [5.41, 5.74) is 0. The molecule has 0 aromatic heterocycles. The fraction of sp³-hybridized carbons (Fsp3) is 0.556. The maximum atomic E-state index is 11.0. The first-order valence-electron chi connectivity index (χ1n) is 3.91. The minimum Gasteiger partial charge on any atom is -0.299 e. The second-order valence-corrected chi connectivity index (χ2v) is 2.93. The van der Waals surface area contributed by atoms with Crippen LogP contribution < -0.4 is 0 Å². The van der Waals surface area contributed by atoms with E-state index in [9.17, 15) is 9.59 Å². The molecule has 2 nitrogen and oxygen atoms in total. The lowest BCUT2D eigenvalue weighted by Gasteiger charge is -1.96. The van der Waals surface area contributed by atoms with Gasteiger partial charge in [0.2, 0.25) is 0 Å². The Hall–Kier alpha value is -0.920. The zero-order valence-electron chi connectivity index (χ0n) is 6.67. The van der Waals surface area contributed by atoms with Gasteiger partial charge in [-0.2, -0.15) is 0 Å². The third kappa shape index (κ3) is 2.30. The number of allylic oxidation sites excluding steroid dienone is 2. The van der Waals surface area contributed by atoms with Crippen molar-refractivity contribution in [2.45, 2.75) is 26.2 Å². The molecule has 60 valence electrons. The third-order valence-electron chi connectivity index (χ3n) is 1.92. The molecule has 2 heteroatoms. The molecule has 0 aliphatic heterocycles. The standard InChI is InChI=1S/C9H12O2/c1-7(10)5-6-8-3-2-4-9(8)11/h5-6,8H,2-4H2,1H3/b6-5+. The van der Waals surface area contributed by atoms with Crippen LogP contribution in [0.2, 0.25) is 0 Å². The number of hydrogen-bond donors (Lipinski definition) is 0. The van der Waals surface area contributed by atoms with E-state index in [2.05, 4.69) is 0 Å². The molecule has 1 aliphatic rings. The Labute approximate surface area is 66.3 Å². The molecule has 0 heterocycles. The van der Waals surface area contributed by atoms with E-state index in [4.69, 9.17) is 0 Å². The Morgan fingerprint density at radius 3 is 2.82 bits per heavy atom. The van der Waals surface area contributed by atoms with Crippen molar-refractivity contribution in [2.24, 2.45) is 5.92 Å². The molecule has 1 fully saturated rings. The van der Waals surface area contributed by atoms with E-state index in [1.54, 1.807) is 6.08 Å². The van der Waals surface area contributed by atoms with Crippen molar-refractivity contribution >= 4 is 11.6 Å². The Morgan fingerprint density at radius 2 is 2.36 bits per heavy atom. The van der Waals surface area contributed by atoms with Gasteiger partial charge in [-0.1, -0.05) is 6.08 Å². The maximum Gasteiger partial charge on any atom is 0.152 e. The molecule has 0 spiro atoms. The molecule has 1 atom stereocenters. The lowest BCUT2D eigenvalue weighted by molar-refractivity contribution is -0.119. The van der Waals surface area contributed by atoms with Crippen LogP contribution in [0.4, 0.5) is 0 Å². The first-order chi connectivity index (χ1) is 5.20. The molecule has 11 heavy (non-hydrogen) atoms. The third-order valence-corrected chi connectivity index (χ3v) is 1.92. The molecule has 1 rings (SSSR count). The lowest BCUT2D eigenvalue weighted by Crippen LogP contribution is -2.02. The summed E-state index contributed by atoms with van der Waals surface area (Å²) in [6.07, 6.45) is 5.81. The van der Waals surface area contributed by atoms with E-state index >= 15 is 0 Å². The van der Waals surface area contributed by atoms with Crippen molar-refractivity contribution in [1.29, 1.82) is 0 Å². The normalized spacial score (nSPS) is 24.8. The van der Waals surface area contributed by atoms with Gasteiger partial charge in [0.05, 0.1) is 0 Å². The van der Waals surface area contributed by atoms with Crippen LogP contribution in [0.5, 0.6) is 0 Å². The van der Waals surface area contributed by atoms with Gasteiger partial charge >= 0.3 is 0 Å². The number of rotatable bonds is 2. The Kier molecular flexibility index (Phi) is 2.58. The van der Waals surface area contributed by atoms with Gasteiger partial charge in [-0.3, -0.25) is 9.59 Å². The molecule has 0 radical (unpaired) electrons. The molecule has 0 aromatic rings. The SMILES string of the molecule is CC(=O)/C=C/C1CCCC1=O. The highest BCUT2D eigenvalue weighted by Crippen LogP contribution is 2.21. The van der Waals surface area contributed by atoms with Crippen LogP contribution in [0.1, 0.15) is 26.2 Å². The number of hydrogen-bond acceptors (Lipinski definition) is 2. The van der Waals surface area contributed by atoms with E-state index in [0.29, 0.717) is 6.42 Å². The maximum absolute atomic E-state index is 11.0. The molecule has 0 saturated heterocycles. The summed E-state index contributed by atoms with van der Waals surface area (Å²) < 4.78 is 0. The highest BCUT2D eigenvalue weighted by molar-refractivity contribution is 5.90. The average Bonchev–Trinajstić information content (AvgIpc) is 2.31. The molecule has 0 N–H and O–H groups in total. The first kappa shape index (κ1) is 8.18. The van der Waals surface area contributed by atoms with Crippen LogP contribution in [-0.2, 0) is 9.59 Å². The molecular weight excluding hydrogens is 140 g/mol. The summed E-state index contributed by atoms with van der Waals surface area (Å²) >= 11 is 0. The Balaban J connectivity index is 2.48. The topological polar surface area (TPSA) is 34.1 Å². The fourth-order valence-electron chi connectivity index (χ4n) is 1.30. The van der Waals surface area contributed by atoms with Gasteiger partial charge in [0.1, 0.15) is 5.78 Å². The van der Waals surface area contributed by atoms with Crippen molar-refractivity contribution in [1.82, 2.24) is 0 Å². The Bertz CT molecular complexity index is 204. The van der Waals surface area contributed by atoms with E-state index in [1.165, 1.54) is 13.0 Å². The zero-order valence-corrected chi connectivity index (χ0v) is 6.67. The van der Waals surface area contributed by atoms with Gasteiger partial charge in [-0.15, -0.1) is 0 Å². The van der Waals surface area contributed by atoms with Crippen LogP contribution in [0, 0.1) is 5.92 Å². The van der Waals surface area contributed by atoms with Gasteiger partial charge in [0, 0.05) is 12.3 Å². The summed E-state index contributed by atoms with van der Waals surface area (Å²) in [7, 11) is 0. The van der Waals surface area contributed by atoms with Gasteiger partial charge < -0.3 is 0 Å². The smallest absolute Gasteiger partial charge is 0.152 e. The van der Waals surface area contributed by atoms with Crippen LogP contribution in [0.25, 0.3) is 0 Å². The monoisotopic (exact) mass is 152 g/mol. The Morgan fingerprint density at radius 1 is 1.64 bits per heavy atom. The second kappa shape index (κ2) is 3.46. The predicted molar refractivity (Wildman–Crippen MR) is 42.2 cm³/mol. The molecule has 1 unspecified atom stereocenters. The molecule has 0 amide bonds. The van der Waals surface area contributed by atoms with Gasteiger partial charge in [0.15, 0.2) is 5.78 Å². The first-order valence-corrected chi connectivity index (χ1v) is 3.91. The summed E-state index contributed by atoms with van der Waals surface area (Å²) in [4.78, 5) is 21.5. The summed E-state index contributed by atoms with van der Waals surface area (Å²) in [5.74, 6) is 0.325. The molecule has 0 bridgehead atoms. The highest BCUT2D eigenvalue weighted by Gasteiger charge is 2.21. The largest absolute Gasteiger partial charge is 0.299 e. The van der Waals surface area contributed by atoms with Crippen molar-refractivity contribution in [3.05, 3.63) is 12.2 Å². The van der Waals surface area contributed by atoms with Crippen molar-refractivity contribution in [3.8, 4) is 0 Å². The number of Topliss-reactive ketones (excluding diaryl/α,β-unsaturated/α-hetero) is 1. The summed E-state index contributed by atoms with van der Waals surface area (Å²) in [6.45, 7) is 1.50. The van der Waals surface area contributed by atoms with E-state index in [1.807, 2.05) is 0 Å². The van der Waals surface area contributed by atoms with Crippen molar-refractivity contribution in [2.75, 3.05) is 0 Å². The van der Waals surface area contributed by atoms with Crippen LogP contribution >= 0.6 is 0 Å². The number of carbonyl (C=O) groups is 2. The quantitative estimate of drug-likeness (QED) is 0.562. The minimum atomic E-state index is 0.0182. The lowest BCUT2D eigenvalue weighted by atomic mass is 10.1. The minimum absolute atomic E-state index is 0.0182. The van der Waals surface area contributed by atoms with Gasteiger partial charge in [0.25, 0.3) is 0 Å². The summed E-state index contributed by atoms with van der Waals surface area (Å²) in [5, 5.41) is 0. The number of ketones is 2. The molecule has 0 aromatic carbocycles. The molecule has 1 saturated carbocycles. The van der Waals surface area contributed by atoms with Crippen molar-refractivity contribution in [3.63, 3.8) is 0 Å². The van der Waals surface area contributed by atoms with Crippen LogP contribution in [-0.4, -0.2) is 11.6 Å². The van der Waals surface area contributed by atoms with E-state index in [-0.39, 0.29) is 17.5 Å². The van der Waals surface area contributed by atoms with E-state index in [0.717, 1.165) is 12.8 Å². The average molecular weight is 152 g/mol. The predicted octanol–water partition coefficient (Wildman–Crippen LogP) is 1.50. The summed E-state index contributed by atoms with van der Waals surface area (Å²) in [6, 6.07) is 0. The van der Waals surface area contributed by atoms with E-state index < -0.39 is 0 Å².